The van der Waals surface area contributed by atoms with Crippen LogP contribution in [0.2, 0.25) is 5.02 Å². The van der Waals surface area contributed by atoms with Gasteiger partial charge in [-0.15, -0.1) is 0 Å². The van der Waals surface area contributed by atoms with E-state index in [1.807, 2.05) is 6.92 Å². The second kappa shape index (κ2) is 10.4. The summed E-state index contributed by atoms with van der Waals surface area (Å²) < 4.78 is 15.8. The maximum absolute atomic E-state index is 11.9. The van der Waals surface area contributed by atoms with Crippen LogP contribution in [0.15, 0.2) is 18.2 Å². The number of amides is 1. The van der Waals surface area contributed by atoms with Crippen LogP contribution in [-0.2, 0) is 14.3 Å². The summed E-state index contributed by atoms with van der Waals surface area (Å²) in [6, 6.07) is 5.32. The lowest BCUT2D eigenvalue weighted by Crippen LogP contribution is -2.37. The van der Waals surface area contributed by atoms with Gasteiger partial charge in [-0.05, 0) is 44.0 Å². The summed E-state index contributed by atoms with van der Waals surface area (Å²) in [7, 11) is 1.63. The van der Waals surface area contributed by atoms with Crippen LogP contribution < -0.4 is 10.1 Å². The van der Waals surface area contributed by atoms with Crippen molar-refractivity contribution in [1.82, 2.24) is 5.32 Å². The molecule has 5 nitrogen and oxygen atoms in total. The second-order valence-corrected chi connectivity index (χ2v) is 5.36. The standard InChI is InChI=1S/C16H24ClNO4/c1-12-11-14(17)5-6-15(12)22-13(2)16(19)18-7-4-8-21-10-9-20-3/h5-6,11,13H,4,7-10H2,1-3H3,(H,18,19). The van der Waals surface area contributed by atoms with Gasteiger partial charge in [0, 0.05) is 25.3 Å². The third-order valence-corrected chi connectivity index (χ3v) is 3.24. The molecule has 0 radical (unpaired) electrons. The van der Waals surface area contributed by atoms with Crippen molar-refractivity contribution in [3.8, 4) is 5.75 Å². The zero-order valence-corrected chi connectivity index (χ0v) is 14.1. The highest BCUT2D eigenvalue weighted by molar-refractivity contribution is 6.30. The van der Waals surface area contributed by atoms with Crippen molar-refractivity contribution in [1.29, 1.82) is 0 Å². The third kappa shape index (κ3) is 7.11. The Morgan fingerprint density at radius 2 is 2.09 bits per heavy atom. The van der Waals surface area contributed by atoms with Crippen LogP contribution >= 0.6 is 11.6 Å². The van der Waals surface area contributed by atoms with Gasteiger partial charge in [0.2, 0.25) is 0 Å². The molecule has 1 aromatic rings. The Balaban J connectivity index is 2.24. The Labute approximate surface area is 136 Å². The summed E-state index contributed by atoms with van der Waals surface area (Å²) in [6.45, 7) is 5.91. The van der Waals surface area contributed by atoms with Crippen molar-refractivity contribution in [3.63, 3.8) is 0 Å². The van der Waals surface area contributed by atoms with E-state index in [0.717, 1.165) is 12.0 Å². The SMILES string of the molecule is COCCOCCCNC(=O)C(C)Oc1ccc(Cl)cc1C. The molecule has 0 aliphatic carbocycles. The minimum atomic E-state index is -0.561. The minimum Gasteiger partial charge on any atom is -0.481 e. The monoisotopic (exact) mass is 329 g/mol. The first-order chi connectivity index (χ1) is 10.5. The van der Waals surface area contributed by atoms with E-state index in [2.05, 4.69) is 5.32 Å². The lowest BCUT2D eigenvalue weighted by Gasteiger charge is -2.16. The molecular weight excluding hydrogens is 306 g/mol. The van der Waals surface area contributed by atoms with E-state index in [1.165, 1.54) is 0 Å². The number of benzene rings is 1. The molecular formula is C16H24ClNO4. The molecule has 1 N–H and O–H groups in total. The summed E-state index contributed by atoms with van der Waals surface area (Å²) in [4.78, 5) is 11.9. The molecule has 0 saturated heterocycles. The highest BCUT2D eigenvalue weighted by atomic mass is 35.5. The molecule has 1 aromatic carbocycles. The van der Waals surface area contributed by atoms with Gasteiger partial charge < -0.3 is 19.5 Å². The first-order valence-electron chi connectivity index (χ1n) is 7.31. The van der Waals surface area contributed by atoms with Crippen molar-refractivity contribution in [2.24, 2.45) is 0 Å². The van der Waals surface area contributed by atoms with Gasteiger partial charge >= 0.3 is 0 Å². The molecule has 124 valence electrons. The van der Waals surface area contributed by atoms with Crippen molar-refractivity contribution in [2.75, 3.05) is 33.5 Å². The molecule has 0 aromatic heterocycles. The van der Waals surface area contributed by atoms with E-state index < -0.39 is 6.10 Å². The second-order valence-electron chi connectivity index (χ2n) is 4.92. The zero-order chi connectivity index (χ0) is 16.4. The fraction of sp³-hybridized carbons (Fsp3) is 0.562. The van der Waals surface area contributed by atoms with Gasteiger partial charge in [-0.2, -0.15) is 0 Å². The van der Waals surface area contributed by atoms with E-state index in [-0.39, 0.29) is 5.91 Å². The number of carbonyl (C=O) groups excluding carboxylic acids is 1. The highest BCUT2D eigenvalue weighted by Crippen LogP contribution is 2.22. The molecule has 22 heavy (non-hydrogen) atoms. The average Bonchev–Trinajstić information content (AvgIpc) is 2.48. The molecule has 1 amide bonds. The first-order valence-corrected chi connectivity index (χ1v) is 7.69. The topological polar surface area (TPSA) is 56.8 Å². The first kappa shape index (κ1) is 18.7. The highest BCUT2D eigenvalue weighted by Gasteiger charge is 2.15. The predicted octanol–water partition coefficient (Wildman–Crippen LogP) is 2.59. The van der Waals surface area contributed by atoms with Gasteiger partial charge in [-0.25, -0.2) is 0 Å². The number of methoxy groups -OCH3 is 1. The van der Waals surface area contributed by atoms with Crippen LogP contribution in [0.5, 0.6) is 5.75 Å². The number of ether oxygens (including phenoxy) is 3. The summed E-state index contributed by atoms with van der Waals surface area (Å²) in [5.74, 6) is 0.515. The fourth-order valence-corrected chi connectivity index (χ4v) is 1.99. The van der Waals surface area contributed by atoms with E-state index in [0.29, 0.717) is 37.1 Å². The van der Waals surface area contributed by atoms with E-state index in [9.17, 15) is 4.79 Å². The van der Waals surface area contributed by atoms with E-state index >= 15 is 0 Å². The zero-order valence-electron chi connectivity index (χ0n) is 13.4. The van der Waals surface area contributed by atoms with Gasteiger partial charge in [0.25, 0.3) is 5.91 Å². The minimum absolute atomic E-state index is 0.147. The molecule has 0 aliphatic heterocycles. The Bertz CT molecular complexity index is 467. The molecule has 6 heteroatoms. The summed E-state index contributed by atoms with van der Waals surface area (Å²) in [6.07, 6.45) is 0.191. The predicted molar refractivity (Wildman–Crippen MR) is 86.6 cm³/mol. The number of nitrogens with one attached hydrogen (secondary N) is 1. The van der Waals surface area contributed by atoms with Crippen molar-refractivity contribution >= 4 is 17.5 Å². The maximum Gasteiger partial charge on any atom is 0.260 e. The summed E-state index contributed by atoms with van der Waals surface area (Å²) >= 11 is 5.89. The Morgan fingerprint density at radius 1 is 1.32 bits per heavy atom. The number of hydrogen-bond donors (Lipinski definition) is 1. The van der Waals surface area contributed by atoms with Gasteiger partial charge in [-0.3, -0.25) is 4.79 Å². The molecule has 1 rings (SSSR count). The van der Waals surface area contributed by atoms with Crippen molar-refractivity contribution in [2.45, 2.75) is 26.4 Å². The molecule has 0 heterocycles. The Hall–Kier alpha value is -1.30. The van der Waals surface area contributed by atoms with Gasteiger partial charge in [0.1, 0.15) is 5.75 Å². The lowest BCUT2D eigenvalue weighted by atomic mass is 10.2. The Morgan fingerprint density at radius 3 is 2.77 bits per heavy atom. The average molecular weight is 330 g/mol. The van der Waals surface area contributed by atoms with Gasteiger partial charge in [0.15, 0.2) is 6.10 Å². The normalized spacial score (nSPS) is 12.0. The third-order valence-electron chi connectivity index (χ3n) is 3.01. The molecule has 0 spiro atoms. The molecule has 0 saturated carbocycles. The summed E-state index contributed by atoms with van der Waals surface area (Å²) in [5.41, 5.74) is 0.902. The quantitative estimate of drug-likeness (QED) is 0.670. The summed E-state index contributed by atoms with van der Waals surface area (Å²) in [5, 5.41) is 3.47. The van der Waals surface area contributed by atoms with E-state index in [4.69, 9.17) is 25.8 Å². The molecule has 1 unspecified atom stereocenters. The smallest absolute Gasteiger partial charge is 0.260 e. The largest absolute Gasteiger partial charge is 0.481 e. The van der Waals surface area contributed by atoms with Crippen LogP contribution in [0.4, 0.5) is 0 Å². The van der Waals surface area contributed by atoms with Crippen molar-refractivity contribution in [3.05, 3.63) is 28.8 Å². The maximum atomic E-state index is 11.9. The molecule has 1 atom stereocenters. The lowest BCUT2D eigenvalue weighted by molar-refractivity contribution is -0.127. The number of rotatable bonds is 10. The van der Waals surface area contributed by atoms with Crippen LogP contribution in [0.1, 0.15) is 18.9 Å². The van der Waals surface area contributed by atoms with Gasteiger partial charge in [-0.1, -0.05) is 11.6 Å². The number of hydrogen-bond acceptors (Lipinski definition) is 4. The van der Waals surface area contributed by atoms with Gasteiger partial charge in [0.05, 0.1) is 13.2 Å². The molecule has 0 bridgehead atoms. The molecule has 0 aliphatic rings. The Kier molecular flexibility index (Phi) is 8.89. The van der Waals surface area contributed by atoms with Crippen LogP contribution in [-0.4, -0.2) is 45.5 Å². The number of carbonyl (C=O) groups is 1. The van der Waals surface area contributed by atoms with Crippen LogP contribution in [0, 0.1) is 6.92 Å². The number of halogens is 1. The number of aryl methyl sites for hydroxylation is 1. The van der Waals surface area contributed by atoms with Crippen LogP contribution in [0.3, 0.4) is 0 Å². The van der Waals surface area contributed by atoms with Crippen LogP contribution in [0.25, 0.3) is 0 Å². The fourth-order valence-electron chi connectivity index (χ4n) is 1.76. The van der Waals surface area contributed by atoms with E-state index in [1.54, 1.807) is 32.2 Å². The van der Waals surface area contributed by atoms with Crippen molar-refractivity contribution < 1.29 is 19.0 Å². The molecule has 0 fully saturated rings.